The third kappa shape index (κ3) is 3.22. The molecule has 0 amide bonds. The summed E-state index contributed by atoms with van der Waals surface area (Å²) in [6.45, 7) is 3.74. The molecule has 2 heterocycles. The number of morpholine rings is 1. The quantitative estimate of drug-likeness (QED) is 0.855. The lowest BCUT2D eigenvalue weighted by atomic mass is 10.1. The molecule has 2 aromatic rings. The number of rotatable bonds is 3. The molecule has 0 spiro atoms. The maximum atomic E-state index is 13.9. The van der Waals surface area contributed by atoms with E-state index in [1.807, 2.05) is 12.1 Å². The zero-order valence-corrected chi connectivity index (χ0v) is 13.8. The molecule has 0 N–H and O–H groups in total. The van der Waals surface area contributed by atoms with Crippen LogP contribution in [0.3, 0.4) is 0 Å². The van der Waals surface area contributed by atoms with E-state index in [2.05, 4.69) is 22.1 Å². The van der Waals surface area contributed by atoms with Gasteiger partial charge >= 0.3 is 0 Å². The second kappa shape index (κ2) is 6.80. The molecule has 4 rings (SSSR count). The average molecular weight is 343 g/mol. The zero-order valence-electron chi connectivity index (χ0n) is 13.8. The Bertz CT molecular complexity index is 766. The lowest BCUT2D eigenvalue weighted by Crippen LogP contribution is -2.36. The smallest absolute Gasteiger partial charge is 0.151 e. The maximum absolute atomic E-state index is 13.9. The van der Waals surface area contributed by atoms with E-state index < -0.39 is 11.6 Å². The first kappa shape index (κ1) is 16.0. The van der Waals surface area contributed by atoms with Crippen LogP contribution in [0.2, 0.25) is 0 Å². The molecule has 25 heavy (non-hydrogen) atoms. The molecule has 130 valence electrons. The lowest BCUT2D eigenvalue weighted by Gasteiger charge is -2.28. The van der Waals surface area contributed by atoms with Crippen molar-refractivity contribution in [3.63, 3.8) is 0 Å². The Morgan fingerprint density at radius 1 is 0.880 bits per heavy atom. The van der Waals surface area contributed by atoms with Gasteiger partial charge < -0.3 is 9.64 Å². The number of hydrazone groups is 1. The summed E-state index contributed by atoms with van der Waals surface area (Å²) in [4.78, 5) is 2.28. The minimum Gasteiger partial charge on any atom is -0.378 e. The Kier molecular flexibility index (Phi) is 4.36. The predicted molar refractivity (Wildman–Crippen MR) is 94.3 cm³/mol. The van der Waals surface area contributed by atoms with E-state index in [-0.39, 0.29) is 5.69 Å². The Labute approximate surface area is 145 Å². The van der Waals surface area contributed by atoms with E-state index in [1.165, 1.54) is 23.2 Å². The molecule has 2 aromatic carbocycles. The van der Waals surface area contributed by atoms with Gasteiger partial charge in [0.1, 0.15) is 5.69 Å². The van der Waals surface area contributed by atoms with Crippen molar-refractivity contribution < 1.29 is 13.5 Å². The van der Waals surface area contributed by atoms with Crippen LogP contribution in [-0.4, -0.2) is 38.6 Å². The van der Waals surface area contributed by atoms with Gasteiger partial charge in [0.15, 0.2) is 11.6 Å². The van der Waals surface area contributed by atoms with Gasteiger partial charge in [-0.2, -0.15) is 5.10 Å². The molecule has 0 aromatic heterocycles. The monoisotopic (exact) mass is 343 g/mol. The van der Waals surface area contributed by atoms with E-state index in [0.29, 0.717) is 13.0 Å². The molecule has 6 heteroatoms. The Morgan fingerprint density at radius 2 is 1.56 bits per heavy atom. The molecule has 1 fully saturated rings. The minimum absolute atomic E-state index is 0.0811. The molecule has 0 bridgehead atoms. The highest BCUT2D eigenvalue weighted by Gasteiger charge is 2.23. The number of ether oxygens (including phenoxy) is 1. The molecule has 0 aliphatic carbocycles. The highest BCUT2D eigenvalue weighted by Crippen LogP contribution is 2.28. The van der Waals surface area contributed by atoms with Crippen LogP contribution in [0.1, 0.15) is 12.0 Å². The van der Waals surface area contributed by atoms with Crippen molar-refractivity contribution in [1.29, 1.82) is 0 Å². The van der Waals surface area contributed by atoms with Crippen LogP contribution >= 0.6 is 0 Å². The fourth-order valence-electron chi connectivity index (χ4n) is 3.24. The summed E-state index contributed by atoms with van der Waals surface area (Å²) in [5.74, 6) is -1.18. The predicted octanol–water partition coefficient (Wildman–Crippen LogP) is 3.42. The first-order valence-corrected chi connectivity index (χ1v) is 8.44. The summed E-state index contributed by atoms with van der Waals surface area (Å²) in [5.41, 5.74) is 2.90. The number of hydrogen-bond donors (Lipinski definition) is 0. The number of benzene rings is 2. The summed E-state index contributed by atoms with van der Waals surface area (Å²) in [5, 5.41) is 5.84. The van der Waals surface area contributed by atoms with Crippen LogP contribution in [0, 0.1) is 11.6 Å². The summed E-state index contributed by atoms with van der Waals surface area (Å²) < 4.78 is 33.2. The van der Waals surface area contributed by atoms with E-state index in [1.54, 1.807) is 0 Å². The van der Waals surface area contributed by atoms with Crippen molar-refractivity contribution in [2.45, 2.75) is 6.42 Å². The van der Waals surface area contributed by atoms with Crippen molar-refractivity contribution in [3.05, 3.63) is 59.7 Å². The average Bonchev–Trinajstić information content (AvgIpc) is 3.12. The summed E-state index contributed by atoms with van der Waals surface area (Å²) in [6, 6.07) is 12.0. The van der Waals surface area contributed by atoms with E-state index in [0.717, 1.165) is 43.3 Å². The van der Waals surface area contributed by atoms with Crippen LogP contribution in [0.4, 0.5) is 20.2 Å². The zero-order chi connectivity index (χ0) is 17.2. The molecule has 0 atom stereocenters. The van der Waals surface area contributed by atoms with Crippen LogP contribution in [0.5, 0.6) is 0 Å². The normalized spacial score (nSPS) is 17.8. The fourth-order valence-corrected chi connectivity index (χ4v) is 3.24. The van der Waals surface area contributed by atoms with Crippen LogP contribution in [0.15, 0.2) is 47.6 Å². The highest BCUT2D eigenvalue weighted by atomic mass is 19.1. The number of hydrogen-bond acceptors (Lipinski definition) is 4. The molecular weight excluding hydrogens is 324 g/mol. The molecule has 1 saturated heterocycles. The van der Waals surface area contributed by atoms with Gasteiger partial charge in [-0.25, -0.2) is 8.78 Å². The van der Waals surface area contributed by atoms with Crippen LogP contribution < -0.4 is 9.91 Å². The van der Waals surface area contributed by atoms with Crippen LogP contribution in [0.25, 0.3) is 0 Å². The molecule has 2 aliphatic heterocycles. The number of anilines is 2. The van der Waals surface area contributed by atoms with Crippen LogP contribution in [-0.2, 0) is 4.74 Å². The Balaban J connectivity index is 1.54. The second-order valence-corrected chi connectivity index (χ2v) is 6.14. The molecule has 2 aliphatic rings. The fraction of sp³-hybridized carbons (Fsp3) is 0.316. The summed E-state index contributed by atoms with van der Waals surface area (Å²) >= 11 is 0. The second-order valence-electron chi connectivity index (χ2n) is 6.14. The van der Waals surface area contributed by atoms with Gasteiger partial charge in [-0.1, -0.05) is 18.2 Å². The van der Waals surface area contributed by atoms with Gasteiger partial charge in [0.2, 0.25) is 0 Å². The number of para-hydroxylation sites is 1. The topological polar surface area (TPSA) is 28.1 Å². The third-order valence-corrected chi connectivity index (χ3v) is 4.57. The largest absolute Gasteiger partial charge is 0.378 e. The van der Waals surface area contributed by atoms with Crippen molar-refractivity contribution in [2.24, 2.45) is 5.10 Å². The first-order valence-electron chi connectivity index (χ1n) is 8.44. The molecule has 0 saturated carbocycles. The summed E-state index contributed by atoms with van der Waals surface area (Å²) in [7, 11) is 0. The number of nitrogens with zero attached hydrogens (tertiary/aromatic N) is 3. The SMILES string of the molecule is Fc1cccc(F)c1N1CCC(c2ccc(N3CCOCC3)cc2)=N1. The van der Waals surface area contributed by atoms with Crippen molar-refractivity contribution in [2.75, 3.05) is 42.8 Å². The van der Waals surface area contributed by atoms with E-state index >= 15 is 0 Å². The maximum Gasteiger partial charge on any atom is 0.151 e. The van der Waals surface area contributed by atoms with Crippen molar-refractivity contribution in [3.8, 4) is 0 Å². The standard InChI is InChI=1S/C19H19F2N3O/c20-16-2-1-3-17(21)19(16)24-9-8-18(22-24)14-4-6-15(7-5-14)23-10-12-25-13-11-23/h1-7H,8-13H2. The van der Waals surface area contributed by atoms with E-state index in [4.69, 9.17) is 4.74 Å². The molecule has 0 unspecified atom stereocenters. The van der Waals surface area contributed by atoms with Gasteiger partial charge in [-0.15, -0.1) is 0 Å². The third-order valence-electron chi connectivity index (χ3n) is 4.57. The van der Waals surface area contributed by atoms with Gasteiger partial charge in [-0.3, -0.25) is 5.01 Å². The molecular formula is C19H19F2N3O. The van der Waals surface area contributed by atoms with Crippen molar-refractivity contribution >= 4 is 17.1 Å². The van der Waals surface area contributed by atoms with Gasteiger partial charge in [-0.05, 0) is 29.8 Å². The molecule has 0 radical (unpaired) electrons. The Morgan fingerprint density at radius 3 is 2.24 bits per heavy atom. The lowest BCUT2D eigenvalue weighted by molar-refractivity contribution is 0.122. The van der Waals surface area contributed by atoms with E-state index in [9.17, 15) is 8.78 Å². The molecule has 4 nitrogen and oxygen atoms in total. The van der Waals surface area contributed by atoms with Gasteiger partial charge in [0.05, 0.1) is 18.9 Å². The minimum atomic E-state index is -0.590. The highest BCUT2D eigenvalue weighted by molar-refractivity contribution is 6.03. The van der Waals surface area contributed by atoms with Crippen molar-refractivity contribution in [1.82, 2.24) is 0 Å². The first-order chi connectivity index (χ1) is 12.2. The number of halogens is 2. The van der Waals surface area contributed by atoms with Gasteiger partial charge in [0, 0.05) is 31.7 Å². The van der Waals surface area contributed by atoms with Gasteiger partial charge in [0.25, 0.3) is 0 Å². The summed E-state index contributed by atoms with van der Waals surface area (Å²) in [6.07, 6.45) is 0.657. The Hall–Kier alpha value is -2.47.